The minimum Gasteiger partial charge on any atom is -0.382 e. The van der Waals surface area contributed by atoms with Gasteiger partial charge in [-0.25, -0.2) is 4.98 Å². The number of aliphatic imine (C=N–C) groups is 1. The monoisotopic (exact) mass is 503 g/mol. The van der Waals surface area contributed by atoms with Gasteiger partial charge in [0.1, 0.15) is 23.3 Å². The van der Waals surface area contributed by atoms with E-state index in [9.17, 15) is 9.70 Å². The van der Waals surface area contributed by atoms with Crippen LogP contribution in [0.15, 0.2) is 63.6 Å². The smallest absolute Gasteiger partial charge is 0.261 e. The summed E-state index contributed by atoms with van der Waals surface area (Å²) in [4.78, 5) is 39.9. The summed E-state index contributed by atoms with van der Waals surface area (Å²) in [5.41, 5.74) is 4.68. The van der Waals surface area contributed by atoms with E-state index in [1.807, 2.05) is 19.1 Å². The molecule has 0 spiro atoms. The number of fused-ring (bicyclic) bond motifs is 1. The Bertz CT molecular complexity index is 1550. The summed E-state index contributed by atoms with van der Waals surface area (Å²) in [6.07, 6.45) is 1.55. The topological polar surface area (TPSA) is 127 Å². The molecule has 1 unspecified atom stereocenters. The normalized spacial score (nSPS) is 15.4. The van der Waals surface area contributed by atoms with Crippen molar-refractivity contribution >= 4 is 34.2 Å². The summed E-state index contributed by atoms with van der Waals surface area (Å²) in [5.74, 6) is 1.27. The number of anilines is 1. The van der Waals surface area contributed by atoms with Gasteiger partial charge in [0.05, 0.1) is 28.8 Å². The van der Waals surface area contributed by atoms with Gasteiger partial charge < -0.3 is 20.6 Å². The highest BCUT2D eigenvalue weighted by molar-refractivity contribution is 6.30. The van der Waals surface area contributed by atoms with Gasteiger partial charge in [-0.15, -0.1) is 0 Å². The van der Waals surface area contributed by atoms with E-state index in [2.05, 4.69) is 44.6 Å². The second-order valence-corrected chi connectivity index (χ2v) is 10.0. The average molecular weight is 504 g/mol. The summed E-state index contributed by atoms with van der Waals surface area (Å²) in [5, 5.41) is 10.4. The second kappa shape index (κ2) is 9.23. The minimum absolute atomic E-state index is 0.0887. The number of benzene rings is 2. The lowest BCUT2D eigenvalue weighted by Gasteiger charge is -2.18. The van der Waals surface area contributed by atoms with Gasteiger partial charge in [-0.3, -0.25) is 9.79 Å². The molecule has 9 nitrogen and oxygen atoms in total. The summed E-state index contributed by atoms with van der Waals surface area (Å²) >= 11 is 6.07. The van der Waals surface area contributed by atoms with E-state index >= 15 is 0 Å². The largest absolute Gasteiger partial charge is 0.382 e. The Hall–Kier alpha value is -3.98. The van der Waals surface area contributed by atoms with Gasteiger partial charge in [0.2, 0.25) is 0 Å². The first-order valence-electron chi connectivity index (χ1n) is 11.6. The van der Waals surface area contributed by atoms with Gasteiger partial charge in [0.25, 0.3) is 5.56 Å². The van der Waals surface area contributed by atoms with E-state index < -0.39 is 6.04 Å². The van der Waals surface area contributed by atoms with Crippen LogP contribution in [0.1, 0.15) is 36.6 Å². The molecule has 5 rings (SSSR count). The van der Waals surface area contributed by atoms with E-state index in [1.54, 1.807) is 36.5 Å². The van der Waals surface area contributed by atoms with Gasteiger partial charge in [0, 0.05) is 23.3 Å². The number of nitrogens with one attached hydrogen (secondary N) is 4. The summed E-state index contributed by atoms with van der Waals surface area (Å²) in [7, 11) is 0. The van der Waals surface area contributed by atoms with Gasteiger partial charge in [-0.2, -0.15) is 4.91 Å². The van der Waals surface area contributed by atoms with Crippen molar-refractivity contribution in [3.05, 3.63) is 85.6 Å². The molecule has 1 aliphatic heterocycles. The number of nitroso groups, excluding NO2 is 1. The minimum atomic E-state index is -0.680. The molecule has 0 amide bonds. The van der Waals surface area contributed by atoms with Crippen LogP contribution in [0, 0.1) is 11.8 Å². The van der Waals surface area contributed by atoms with Crippen LogP contribution in [0.2, 0.25) is 5.02 Å². The van der Waals surface area contributed by atoms with Crippen molar-refractivity contribution in [2.45, 2.75) is 32.4 Å². The van der Waals surface area contributed by atoms with Crippen LogP contribution in [-0.4, -0.2) is 39.4 Å². The van der Waals surface area contributed by atoms with Crippen molar-refractivity contribution in [1.29, 1.82) is 0 Å². The SMILES string of the molecule is Cc1cc(C2=NCC(C)(C)N2)cc2[nH]c(-c3c(NCC(N=O)c4cccc(Cl)c4)cc[nH]c3=O)nc12. The summed E-state index contributed by atoms with van der Waals surface area (Å²) in [6.45, 7) is 7.09. The fourth-order valence-corrected chi connectivity index (χ4v) is 4.58. The predicted octanol–water partition coefficient (Wildman–Crippen LogP) is 4.93. The van der Waals surface area contributed by atoms with E-state index in [1.165, 1.54) is 0 Å². The number of aryl methyl sites for hydroxylation is 1. The molecule has 0 saturated carbocycles. The fourth-order valence-electron chi connectivity index (χ4n) is 4.38. The molecule has 0 radical (unpaired) electrons. The van der Waals surface area contributed by atoms with Crippen LogP contribution in [0.3, 0.4) is 0 Å². The number of aromatic amines is 2. The van der Waals surface area contributed by atoms with Crippen LogP contribution >= 0.6 is 11.6 Å². The third-order valence-electron chi connectivity index (χ3n) is 6.18. The maximum atomic E-state index is 12.9. The average Bonchev–Trinajstić information content (AvgIpc) is 3.42. The fraction of sp³-hybridized carbons (Fsp3) is 0.269. The molecule has 10 heteroatoms. The number of hydrogen-bond donors (Lipinski definition) is 4. The predicted molar refractivity (Wildman–Crippen MR) is 144 cm³/mol. The zero-order valence-electron chi connectivity index (χ0n) is 20.1. The Morgan fingerprint density at radius 3 is 2.78 bits per heavy atom. The lowest BCUT2D eigenvalue weighted by Crippen LogP contribution is -2.39. The van der Waals surface area contributed by atoms with E-state index in [-0.39, 0.29) is 17.6 Å². The van der Waals surface area contributed by atoms with Crippen molar-refractivity contribution in [2.75, 3.05) is 18.4 Å². The lowest BCUT2D eigenvalue weighted by atomic mass is 10.1. The highest BCUT2D eigenvalue weighted by Crippen LogP contribution is 2.28. The number of nitrogens with zero attached hydrogens (tertiary/aromatic N) is 3. The van der Waals surface area contributed by atoms with Gasteiger partial charge in [0.15, 0.2) is 0 Å². The van der Waals surface area contributed by atoms with Crippen LogP contribution in [-0.2, 0) is 0 Å². The van der Waals surface area contributed by atoms with Crippen molar-refractivity contribution in [2.24, 2.45) is 10.2 Å². The van der Waals surface area contributed by atoms with Gasteiger partial charge in [-0.05, 0) is 62.2 Å². The number of pyridine rings is 1. The molecule has 0 saturated heterocycles. The Labute approximate surface area is 212 Å². The molecule has 0 bridgehead atoms. The van der Waals surface area contributed by atoms with Crippen LogP contribution in [0.4, 0.5) is 5.69 Å². The molecule has 36 heavy (non-hydrogen) atoms. The highest BCUT2D eigenvalue weighted by atomic mass is 35.5. The molecule has 0 fully saturated rings. The maximum absolute atomic E-state index is 12.9. The molecule has 4 N–H and O–H groups in total. The maximum Gasteiger partial charge on any atom is 0.261 e. The van der Waals surface area contributed by atoms with E-state index in [0.717, 1.165) is 28.0 Å². The van der Waals surface area contributed by atoms with Crippen molar-refractivity contribution in [1.82, 2.24) is 20.3 Å². The first-order valence-corrected chi connectivity index (χ1v) is 12.0. The number of halogens is 1. The number of rotatable bonds is 7. The molecule has 1 atom stereocenters. The third-order valence-corrected chi connectivity index (χ3v) is 6.42. The molecular formula is C26H26ClN7O2. The van der Waals surface area contributed by atoms with Crippen molar-refractivity contribution in [3.8, 4) is 11.4 Å². The van der Waals surface area contributed by atoms with Crippen molar-refractivity contribution < 1.29 is 0 Å². The van der Waals surface area contributed by atoms with Crippen LogP contribution in [0.5, 0.6) is 0 Å². The number of H-pyrrole nitrogens is 2. The summed E-state index contributed by atoms with van der Waals surface area (Å²) in [6, 6.07) is 12.1. The van der Waals surface area contributed by atoms with E-state index in [4.69, 9.17) is 16.6 Å². The molecule has 2 aromatic carbocycles. The first kappa shape index (κ1) is 23.7. The Morgan fingerprint density at radius 2 is 2.06 bits per heavy atom. The highest BCUT2D eigenvalue weighted by Gasteiger charge is 2.26. The molecular weight excluding hydrogens is 478 g/mol. The zero-order chi connectivity index (χ0) is 25.4. The number of amidine groups is 1. The van der Waals surface area contributed by atoms with Gasteiger partial charge >= 0.3 is 0 Å². The molecule has 3 heterocycles. The number of aromatic nitrogens is 3. The third kappa shape index (κ3) is 4.61. The molecule has 1 aliphatic rings. The second-order valence-electron chi connectivity index (χ2n) is 9.60. The van der Waals surface area contributed by atoms with Crippen molar-refractivity contribution in [3.63, 3.8) is 0 Å². The number of hydrogen-bond acceptors (Lipinski definition) is 7. The van der Waals surface area contributed by atoms with E-state index in [0.29, 0.717) is 34.2 Å². The quantitative estimate of drug-likeness (QED) is 0.266. The Balaban J connectivity index is 1.48. The molecule has 184 valence electrons. The standard InChI is InChI=1S/C26H26ClN7O2/c1-14-9-16(23-30-13-26(2,3)33-23)11-19-22(14)32-24(31-19)21-18(7-8-28-25(21)35)29-12-20(34-36)15-5-4-6-17(27)10-15/h4-11,20H,12-13H2,1-3H3,(H,30,33)(H,31,32)(H2,28,29,35). The number of imidazole rings is 1. The van der Waals surface area contributed by atoms with Crippen LogP contribution < -0.4 is 16.2 Å². The molecule has 2 aromatic heterocycles. The first-order chi connectivity index (χ1) is 17.2. The molecule has 0 aliphatic carbocycles. The Kier molecular flexibility index (Phi) is 6.09. The zero-order valence-corrected chi connectivity index (χ0v) is 20.9. The Morgan fingerprint density at radius 1 is 1.22 bits per heavy atom. The summed E-state index contributed by atoms with van der Waals surface area (Å²) < 4.78 is 0. The molecule has 4 aromatic rings. The van der Waals surface area contributed by atoms with Gasteiger partial charge in [-0.1, -0.05) is 28.9 Å². The lowest BCUT2D eigenvalue weighted by molar-refractivity contribution is 0.506. The van der Waals surface area contributed by atoms with Crippen LogP contribution in [0.25, 0.3) is 22.4 Å².